The van der Waals surface area contributed by atoms with Crippen LogP contribution in [0.25, 0.3) is 0 Å². The summed E-state index contributed by atoms with van der Waals surface area (Å²) in [6, 6.07) is 4.21. The van der Waals surface area contributed by atoms with Crippen LogP contribution in [0.4, 0.5) is 0 Å². The lowest BCUT2D eigenvalue weighted by Crippen LogP contribution is -2.43. The van der Waals surface area contributed by atoms with Crippen LogP contribution >= 0.6 is 0 Å². The van der Waals surface area contributed by atoms with Gasteiger partial charge in [-0.15, -0.1) is 0 Å². The Morgan fingerprint density at radius 3 is 2.63 bits per heavy atom. The Morgan fingerprint density at radius 2 is 2.16 bits per heavy atom. The average Bonchev–Trinajstić information content (AvgIpc) is 2.73. The van der Waals surface area contributed by atoms with E-state index in [1.807, 2.05) is 19.1 Å². The van der Waals surface area contributed by atoms with E-state index in [4.69, 9.17) is 10.2 Å². The number of aryl methyl sites for hydroxylation is 1. The van der Waals surface area contributed by atoms with Gasteiger partial charge in [0.1, 0.15) is 11.5 Å². The molecular weight excluding hydrogens is 240 g/mol. The highest BCUT2D eigenvalue weighted by Gasteiger charge is 2.32. The highest BCUT2D eigenvalue weighted by atomic mass is 16.3. The minimum absolute atomic E-state index is 0.0700. The van der Waals surface area contributed by atoms with Crippen LogP contribution in [-0.2, 0) is 0 Å². The van der Waals surface area contributed by atoms with Crippen LogP contribution < -0.4 is 5.73 Å². The summed E-state index contributed by atoms with van der Waals surface area (Å²) in [5, 5.41) is 9.38. The Morgan fingerprint density at radius 1 is 1.47 bits per heavy atom. The van der Waals surface area contributed by atoms with Gasteiger partial charge in [0, 0.05) is 12.6 Å². The van der Waals surface area contributed by atoms with Gasteiger partial charge in [0.05, 0.1) is 12.1 Å². The highest BCUT2D eigenvalue weighted by molar-refractivity contribution is 5.12. The van der Waals surface area contributed by atoms with Gasteiger partial charge in [-0.25, -0.2) is 0 Å². The Hall–Kier alpha value is -0.840. The van der Waals surface area contributed by atoms with Crippen molar-refractivity contribution in [2.24, 2.45) is 11.7 Å². The Labute approximate surface area is 115 Å². The first-order valence-corrected chi connectivity index (χ1v) is 7.21. The second-order valence-corrected chi connectivity index (χ2v) is 5.90. The first kappa shape index (κ1) is 14.6. The van der Waals surface area contributed by atoms with Gasteiger partial charge in [0.25, 0.3) is 0 Å². The molecule has 4 nitrogen and oxygen atoms in total. The number of aliphatic hydroxyl groups is 1. The zero-order valence-electron chi connectivity index (χ0n) is 12.2. The summed E-state index contributed by atoms with van der Waals surface area (Å²) in [7, 11) is 2.10. The van der Waals surface area contributed by atoms with Crippen LogP contribution in [0.2, 0.25) is 0 Å². The van der Waals surface area contributed by atoms with Crippen molar-refractivity contribution in [1.82, 2.24) is 4.90 Å². The molecule has 0 radical (unpaired) electrons. The van der Waals surface area contributed by atoms with Gasteiger partial charge in [-0.2, -0.15) is 0 Å². The topological polar surface area (TPSA) is 62.6 Å². The van der Waals surface area contributed by atoms with Gasteiger partial charge in [-0.05, 0) is 51.3 Å². The van der Waals surface area contributed by atoms with E-state index in [-0.39, 0.29) is 18.2 Å². The molecule has 1 saturated carbocycles. The van der Waals surface area contributed by atoms with Crippen LogP contribution in [0.15, 0.2) is 16.5 Å². The molecule has 1 aliphatic rings. The number of rotatable bonds is 6. The van der Waals surface area contributed by atoms with E-state index in [1.165, 1.54) is 0 Å². The summed E-state index contributed by atoms with van der Waals surface area (Å²) in [5.41, 5.74) is 6.27. The first-order valence-electron chi connectivity index (χ1n) is 7.21. The number of aliphatic hydroxyl groups excluding tert-OH is 1. The van der Waals surface area contributed by atoms with E-state index < -0.39 is 0 Å². The van der Waals surface area contributed by atoms with Gasteiger partial charge >= 0.3 is 0 Å². The van der Waals surface area contributed by atoms with Crippen molar-refractivity contribution < 1.29 is 9.52 Å². The van der Waals surface area contributed by atoms with Crippen molar-refractivity contribution in [3.63, 3.8) is 0 Å². The normalized spacial score (nSPS) is 26.2. The molecule has 0 aliphatic heterocycles. The van der Waals surface area contributed by atoms with Gasteiger partial charge in [-0.3, -0.25) is 4.90 Å². The molecule has 1 aromatic rings. The maximum atomic E-state index is 9.38. The third-order valence-electron chi connectivity index (χ3n) is 4.16. The zero-order valence-corrected chi connectivity index (χ0v) is 12.2. The summed E-state index contributed by atoms with van der Waals surface area (Å²) in [4.78, 5) is 2.28. The monoisotopic (exact) mass is 266 g/mol. The molecule has 2 rings (SSSR count). The molecule has 19 heavy (non-hydrogen) atoms. The summed E-state index contributed by atoms with van der Waals surface area (Å²) >= 11 is 0. The molecular formula is C15H26N2O2. The molecule has 0 saturated heterocycles. The minimum atomic E-state index is -0.0949. The van der Waals surface area contributed by atoms with E-state index in [2.05, 4.69) is 18.9 Å². The molecule has 0 amide bonds. The third-order valence-corrected chi connectivity index (χ3v) is 4.16. The number of likely N-dealkylation sites (N-methyl/N-ethyl adjacent to an activating group) is 1. The fraction of sp³-hybridized carbons (Fsp3) is 0.733. The Bertz CT molecular complexity index is 399. The van der Waals surface area contributed by atoms with Crippen molar-refractivity contribution in [3.8, 4) is 0 Å². The van der Waals surface area contributed by atoms with Crippen LogP contribution in [-0.4, -0.2) is 35.7 Å². The molecule has 1 aromatic heterocycles. The second-order valence-electron chi connectivity index (χ2n) is 5.90. The first-order chi connectivity index (χ1) is 9.01. The molecule has 0 aromatic carbocycles. The third kappa shape index (κ3) is 3.38. The summed E-state index contributed by atoms with van der Waals surface area (Å²) in [5.74, 6) is 2.47. The number of nitrogens with two attached hydrogens (primary N) is 1. The summed E-state index contributed by atoms with van der Waals surface area (Å²) in [6.07, 6.45) is 2.65. The lowest BCUT2D eigenvalue weighted by atomic mass is 9.82. The maximum Gasteiger partial charge on any atom is 0.122 e. The van der Waals surface area contributed by atoms with E-state index in [1.54, 1.807) is 0 Å². The minimum Gasteiger partial charge on any atom is -0.465 e. The predicted molar refractivity (Wildman–Crippen MR) is 75.8 cm³/mol. The lowest BCUT2D eigenvalue weighted by molar-refractivity contribution is 0.0177. The van der Waals surface area contributed by atoms with Crippen LogP contribution in [0, 0.1) is 12.8 Å². The molecule has 1 fully saturated rings. The Kier molecular flexibility index (Phi) is 4.66. The highest BCUT2D eigenvalue weighted by Crippen LogP contribution is 2.32. The van der Waals surface area contributed by atoms with E-state index >= 15 is 0 Å². The number of hydrogen-bond acceptors (Lipinski definition) is 4. The van der Waals surface area contributed by atoms with Crippen molar-refractivity contribution in [1.29, 1.82) is 0 Å². The molecule has 2 unspecified atom stereocenters. The van der Waals surface area contributed by atoms with Crippen molar-refractivity contribution in [3.05, 3.63) is 23.7 Å². The quantitative estimate of drug-likeness (QED) is 0.827. The fourth-order valence-corrected chi connectivity index (χ4v) is 2.96. The largest absolute Gasteiger partial charge is 0.465 e. The zero-order chi connectivity index (χ0) is 14.0. The average molecular weight is 266 g/mol. The number of hydrogen-bond donors (Lipinski definition) is 2. The van der Waals surface area contributed by atoms with Gasteiger partial charge in [0.15, 0.2) is 0 Å². The predicted octanol–water partition coefficient (Wildman–Crippen LogP) is 2.07. The van der Waals surface area contributed by atoms with Crippen LogP contribution in [0.3, 0.4) is 0 Å². The molecule has 0 bridgehead atoms. The molecule has 1 aliphatic carbocycles. The summed E-state index contributed by atoms with van der Waals surface area (Å²) in [6.45, 7) is 5.03. The van der Waals surface area contributed by atoms with Crippen LogP contribution in [0.5, 0.6) is 0 Å². The molecule has 108 valence electrons. The van der Waals surface area contributed by atoms with Crippen LogP contribution in [0.1, 0.15) is 43.7 Å². The second kappa shape index (κ2) is 6.07. The molecule has 1 heterocycles. The standard InChI is InChI=1S/C15H26N2O2/c1-4-13(16)15(14-6-5-10(2)19-14)17(3)9-11-7-12(18)8-11/h5-6,11-13,15,18H,4,7-9,16H2,1-3H3. The smallest absolute Gasteiger partial charge is 0.122 e. The van der Waals surface area contributed by atoms with E-state index in [0.717, 1.165) is 37.3 Å². The molecule has 2 atom stereocenters. The molecule has 0 spiro atoms. The SMILES string of the molecule is CCC(N)C(c1ccc(C)o1)N(C)CC1CC(O)C1. The lowest BCUT2D eigenvalue weighted by Gasteiger charge is -2.38. The van der Waals surface area contributed by atoms with Crippen molar-refractivity contribution >= 4 is 0 Å². The van der Waals surface area contributed by atoms with E-state index in [9.17, 15) is 5.11 Å². The van der Waals surface area contributed by atoms with Gasteiger partial charge in [-0.1, -0.05) is 6.92 Å². The van der Waals surface area contributed by atoms with E-state index in [0.29, 0.717) is 5.92 Å². The molecule has 4 heteroatoms. The summed E-state index contributed by atoms with van der Waals surface area (Å²) < 4.78 is 5.77. The van der Waals surface area contributed by atoms with Crippen molar-refractivity contribution in [2.75, 3.05) is 13.6 Å². The molecule has 3 N–H and O–H groups in total. The Balaban J connectivity index is 2.04. The van der Waals surface area contributed by atoms with Gasteiger partial charge < -0.3 is 15.3 Å². The van der Waals surface area contributed by atoms with Crippen molar-refractivity contribution in [2.45, 2.75) is 51.3 Å². The van der Waals surface area contributed by atoms with Gasteiger partial charge in [0.2, 0.25) is 0 Å². The number of nitrogens with zero attached hydrogens (tertiary/aromatic N) is 1. The fourth-order valence-electron chi connectivity index (χ4n) is 2.96. The number of furan rings is 1. The maximum absolute atomic E-state index is 9.38.